The van der Waals surface area contributed by atoms with Crippen molar-refractivity contribution in [1.29, 1.82) is 0 Å². The molecule has 5 aromatic rings. The summed E-state index contributed by atoms with van der Waals surface area (Å²) in [5, 5.41) is 14.4. The average molecular weight is 891 g/mol. The Hall–Kier alpha value is -6.20. The highest BCUT2D eigenvalue weighted by Gasteiger charge is 2.45. The van der Waals surface area contributed by atoms with Gasteiger partial charge in [0.25, 0.3) is 0 Å². The zero-order valence-corrected chi connectivity index (χ0v) is 38.1. The van der Waals surface area contributed by atoms with Crippen molar-refractivity contribution in [1.82, 2.24) is 40.0 Å². The van der Waals surface area contributed by atoms with Crippen LogP contribution in [0, 0.1) is 0 Å². The fraction of sp³-hybridized carbons (Fsp3) is 0.500. The number of methoxy groups -OCH3 is 3. The number of rotatable bonds is 12. The zero-order valence-electron chi connectivity index (χ0n) is 38.1. The first kappa shape index (κ1) is 44.0. The molecule has 17 heteroatoms. The average Bonchev–Trinajstić information content (AvgIpc) is 3.57. The van der Waals surface area contributed by atoms with Crippen LogP contribution in [0.25, 0.3) is 44.2 Å². The highest BCUT2D eigenvalue weighted by molar-refractivity contribution is 6.07. The van der Waals surface area contributed by atoms with E-state index in [4.69, 9.17) is 28.9 Å². The van der Waals surface area contributed by atoms with Crippen LogP contribution in [-0.4, -0.2) is 128 Å². The zero-order chi connectivity index (χ0) is 46.0. The van der Waals surface area contributed by atoms with E-state index in [2.05, 4.69) is 51.7 Å². The van der Waals surface area contributed by atoms with E-state index in [1.807, 2.05) is 24.8 Å². The van der Waals surface area contributed by atoms with Gasteiger partial charge >= 0.3 is 12.2 Å². The topological polar surface area (TPSA) is 205 Å². The number of nitrogens with one attached hydrogen (secondary N) is 3. The van der Waals surface area contributed by atoms with Crippen LogP contribution in [0.3, 0.4) is 0 Å². The van der Waals surface area contributed by atoms with Gasteiger partial charge in [0.1, 0.15) is 36.1 Å². The smallest absolute Gasteiger partial charge is 0.407 e. The SMILES string of the molecule is COC(=O)N[C@H](C(=O)N1[C@@H](C)CC[C@H]1c1nc(C2CC2)c(-c2ccc3c(c2)COc2cc4c(ccc5nc([C@@H]6CC[C@H](C)N6C(=O)[C@H]([C@@H](C)OC)N(C)C(=O)O)[nH]c54)cc2-3)[nH]1)[C@@H](C)OC. The molecule has 9 rings (SSSR count). The summed E-state index contributed by atoms with van der Waals surface area (Å²) in [5.74, 6) is 1.91. The largest absolute Gasteiger partial charge is 0.488 e. The van der Waals surface area contributed by atoms with E-state index >= 15 is 0 Å². The lowest BCUT2D eigenvalue weighted by Gasteiger charge is -2.36. The van der Waals surface area contributed by atoms with Gasteiger partial charge in [-0.15, -0.1) is 0 Å². The molecule has 5 heterocycles. The number of imidazole rings is 2. The first-order valence-corrected chi connectivity index (χ1v) is 22.6. The summed E-state index contributed by atoms with van der Waals surface area (Å²) < 4.78 is 22.3. The fourth-order valence-corrected chi connectivity index (χ4v) is 10.3. The Morgan fingerprint density at radius 1 is 0.831 bits per heavy atom. The number of aromatic amines is 2. The number of nitrogens with zero attached hydrogens (tertiary/aromatic N) is 5. The minimum atomic E-state index is -1.20. The number of likely N-dealkylation sites (N-methyl/N-ethyl adjacent to an activating group) is 1. The molecule has 3 aromatic carbocycles. The first-order valence-electron chi connectivity index (χ1n) is 22.6. The third-order valence-electron chi connectivity index (χ3n) is 14.2. The lowest BCUT2D eigenvalue weighted by Crippen LogP contribution is -2.55. The summed E-state index contributed by atoms with van der Waals surface area (Å²) in [6, 6.07) is 11.9. The Bertz CT molecular complexity index is 2680. The molecule has 344 valence electrons. The molecule has 2 aromatic heterocycles. The second-order valence-corrected chi connectivity index (χ2v) is 18.2. The summed E-state index contributed by atoms with van der Waals surface area (Å²) in [7, 11) is 5.66. The molecule has 4 amide bonds. The van der Waals surface area contributed by atoms with E-state index in [1.165, 1.54) is 28.4 Å². The number of ether oxygens (including phenoxy) is 4. The van der Waals surface area contributed by atoms with Crippen molar-refractivity contribution in [3.63, 3.8) is 0 Å². The van der Waals surface area contributed by atoms with Crippen molar-refractivity contribution >= 4 is 45.8 Å². The monoisotopic (exact) mass is 890 g/mol. The van der Waals surface area contributed by atoms with Crippen LogP contribution in [0.2, 0.25) is 0 Å². The van der Waals surface area contributed by atoms with Crippen molar-refractivity contribution in [2.45, 2.75) is 127 Å². The van der Waals surface area contributed by atoms with Crippen molar-refractivity contribution in [2.24, 2.45) is 0 Å². The van der Waals surface area contributed by atoms with Crippen molar-refractivity contribution in [2.75, 3.05) is 28.4 Å². The molecule has 3 aliphatic heterocycles. The predicted octanol–water partition coefficient (Wildman–Crippen LogP) is 7.42. The highest BCUT2D eigenvalue weighted by atomic mass is 16.5. The number of likely N-dealkylation sites (tertiary alicyclic amines) is 2. The number of H-pyrrole nitrogens is 2. The number of aromatic nitrogens is 4. The lowest BCUT2D eigenvalue weighted by molar-refractivity contribution is -0.143. The summed E-state index contributed by atoms with van der Waals surface area (Å²) >= 11 is 0. The Kier molecular flexibility index (Phi) is 11.7. The van der Waals surface area contributed by atoms with Crippen LogP contribution in [0.5, 0.6) is 5.75 Å². The molecular formula is C48H58N8O9. The normalized spacial score (nSPS) is 22.2. The molecule has 8 atom stereocenters. The van der Waals surface area contributed by atoms with E-state index in [9.17, 15) is 24.3 Å². The molecule has 4 N–H and O–H groups in total. The molecule has 1 aliphatic carbocycles. The second kappa shape index (κ2) is 17.3. The Morgan fingerprint density at radius 3 is 2.15 bits per heavy atom. The van der Waals surface area contributed by atoms with Gasteiger partial charge in [0, 0.05) is 55.8 Å². The quantitative estimate of drug-likeness (QED) is 0.0970. The lowest BCUT2D eigenvalue weighted by atomic mass is 9.92. The van der Waals surface area contributed by atoms with E-state index in [-0.39, 0.29) is 36.0 Å². The number of benzene rings is 3. The molecule has 1 saturated carbocycles. The number of carbonyl (C=O) groups excluding carboxylic acids is 3. The number of alkyl carbamates (subject to hydrolysis) is 1. The van der Waals surface area contributed by atoms with E-state index < -0.39 is 36.5 Å². The molecule has 65 heavy (non-hydrogen) atoms. The van der Waals surface area contributed by atoms with Crippen molar-refractivity contribution in [3.05, 3.63) is 65.4 Å². The van der Waals surface area contributed by atoms with E-state index in [1.54, 1.807) is 18.7 Å². The van der Waals surface area contributed by atoms with Crippen LogP contribution in [0.1, 0.15) is 107 Å². The number of carbonyl (C=O) groups is 4. The Labute approximate surface area is 377 Å². The van der Waals surface area contributed by atoms with Gasteiger partial charge in [-0.1, -0.05) is 18.2 Å². The summed E-state index contributed by atoms with van der Waals surface area (Å²) in [4.78, 5) is 74.7. The standard InChI is InChI=1S/C48H58N8O9/c1-23-9-18-36(55(23)45(57)38(25(3)62-6)53-47(59)64-8)44-50-39(27-11-12-27)40(51-44)29-13-15-31-30(19-29)22-65-37-21-32-28(20-33(31)37)14-16-34-41(32)52-43(49-34)35-17-10-24(2)56(35)46(58)42(26(4)63-7)54(5)48(60)61/h13-16,19-21,23-27,35-36,38,42H,9-12,17-18,22H2,1-8H3,(H,49,52)(H,50,51)(H,53,59)(H,60,61)/t23-,24-,25+,26+,35-,36-,38-,42-/m0/s1. The predicted molar refractivity (Wildman–Crippen MR) is 241 cm³/mol. The van der Waals surface area contributed by atoms with Crippen LogP contribution in [-0.2, 0) is 30.4 Å². The van der Waals surface area contributed by atoms with Gasteiger partial charge in [-0.05, 0) is 107 Å². The van der Waals surface area contributed by atoms with Crippen molar-refractivity contribution < 1.29 is 43.2 Å². The molecule has 0 bridgehead atoms. The molecule has 0 unspecified atom stereocenters. The van der Waals surface area contributed by atoms with Crippen LogP contribution < -0.4 is 10.1 Å². The number of hydrogen-bond acceptors (Lipinski definition) is 10. The number of amides is 4. The highest BCUT2D eigenvalue weighted by Crippen LogP contribution is 2.48. The molecule has 2 saturated heterocycles. The third-order valence-corrected chi connectivity index (χ3v) is 14.2. The first-order chi connectivity index (χ1) is 31.2. The van der Waals surface area contributed by atoms with Gasteiger partial charge in [-0.2, -0.15) is 0 Å². The summed E-state index contributed by atoms with van der Waals surface area (Å²) in [6.45, 7) is 7.83. The molecule has 0 radical (unpaired) electrons. The number of carboxylic acid groups (broad SMARTS) is 1. The summed E-state index contributed by atoms with van der Waals surface area (Å²) in [6.07, 6.45) is 1.90. The maximum Gasteiger partial charge on any atom is 0.407 e. The molecule has 3 fully saturated rings. The Balaban J connectivity index is 1.01. The van der Waals surface area contributed by atoms with E-state index in [0.29, 0.717) is 24.8 Å². The summed E-state index contributed by atoms with van der Waals surface area (Å²) in [5.41, 5.74) is 7.65. The van der Waals surface area contributed by atoms with Crippen LogP contribution in [0.4, 0.5) is 9.59 Å². The molecule has 17 nitrogen and oxygen atoms in total. The third kappa shape index (κ3) is 7.81. The van der Waals surface area contributed by atoms with Gasteiger partial charge in [-0.25, -0.2) is 19.6 Å². The second-order valence-electron chi connectivity index (χ2n) is 18.2. The minimum absolute atomic E-state index is 0.0743. The fourth-order valence-electron chi connectivity index (χ4n) is 10.3. The minimum Gasteiger partial charge on any atom is -0.488 e. The number of hydrogen-bond donors (Lipinski definition) is 4. The van der Waals surface area contributed by atoms with E-state index in [0.717, 1.165) is 104 Å². The maximum atomic E-state index is 14.2. The van der Waals surface area contributed by atoms with Gasteiger partial charge < -0.3 is 49.1 Å². The van der Waals surface area contributed by atoms with Gasteiger partial charge in [0.2, 0.25) is 11.8 Å². The van der Waals surface area contributed by atoms with Gasteiger partial charge in [0.15, 0.2) is 0 Å². The van der Waals surface area contributed by atoms with Crippen molar-refractivity contribution in [3.8, 4) is 28.1 Å². The van der Waals surface area contributed by atoms with Crippen LogP contribution >= 0.6 is 0 Å². The van der Waals surface area contributed by atoms with Gasteiger partial charge in [-0.3, -0.25) is 14.5 Å². The molecule has 4 aliphatic rings. The van der Waals surface area contributed by atoms with Crippen LogP contribution in [0.15, 0.2) is 42.5 Å². The van der Waals surface area contributed by atoms with Gasteiger partial charge in [0.05, 0.1) is 53.8 Å². The number of fused-ring (bicyclic) bond motifs is 6. The molecule has 0 spiro atoms. The molecular weight excluding hydrogens is 833 g/mol. The maximum absolute atomic E-state index is 14.2. The Morgan fingerprint density at radius 2 is 1.51 bits per heavy atom.